The fourth-order valence-electron chi connectivity index (χ4n) is 3.74. The lowest BCUT2D eigenvalue weighted by atomic mass is 10.1. The van der Waals surface area contributed by atoms with Gasteiger partial charge in [-0.3, -0.25) is 14.3 Å². The van der Waals surface area contributed by atoms with Crippen molar-refractivity contribution < 1.29 is 18.7 Å². The average Bonchev–Trinajstić information content (AvgIpc) is 2.86. The molecule has 0 spiro atoms. The van der Waals surface area contributed by atoms with Crippen molar-refractivity contribution in [2.24, 2.45) is 0 Å². The van der Waals surface area contributed by atoms with Gasteiger partial charge in [-0.25, -0.2) is 4.79 Å². The second kappa shape index (κ2) is 6.47. The molecule has 0 amide bonds. The number of rotatable bonds is 3. The van der Waals surface area contributed by atoms with Crippen molar-refractivity contribution in [1.82, 2.24) is 9.55 Å². The molecule has 3 heterocycles. The summed E-state index contributed by atoms with van der Waals surface area (Å²) < 4.78 is 19.6. The van der Waals surface area contributed by atoms with Gasteiger partial charge < -0.3 is 18.7 Å². The van der Waals surface area contributed by atoms with Crippen LogP contribution in [0.25, 0.3) is 0 Å². The first kappa shape index (κ1) is 18.5. The van der Waals surface area contributed by atoms with Crippen LogP contribution in [0.1, 0.15) is 39.5 Å². The Hall–Kier alpha value is -1.26. The maximum absolute atomic E-state index is 12.1. The van der Waals surface area contributed by atoms with Gasteiger partial charge in [0.1, 0.15) is 18.3 Å². The van der Waals surface area contributed by atoms with E-state index in [9.17, 15) is 14.7 Å². The number of fused-ring (bicyclic) bond motifs is 1. The Morgan fingerprint density at radius 1 is 1.28 bits per heavy atom. The first-order valence-corrected chi connectivity index (χ1v) is 10.6. The molecule has 1 aromatic rings. The van der Waals surface area contributed by atoms with Crippen molar-refractivity contribution in [3.63, 3.8) is 0 Å². The molecule has 4 atom stereocenters. The fourth-order valence-corrected chi connectivity index (χ4v) is 7.49. The minimum absolute atomic E-state index is 0.220. The number of aliphatic hydroxyl groups excluding tert-OH is 1. The molecule has 2 aliphatic heterocycles. The Balaban J connectivity index is 1.92. The summed E-state index contributed by atoms with van der Waals surface area (Å²) in [5.41, 5.74) is -0.252. The molecule has 0 aliphatic carbocycles. The van der Waals surface area contributed by atoms with Crippen LogP contribution in [0.3, 0.4) is 0 Å². The van der Waals surface area contributed by atoms with Crippen LogP contribution >= 0.6 is 0 Å². The molecule has 2 saturated heterocycles. The van der Waals surface area contributed by atoms with Crippen molar-refractivity contribution in [1.29, 1.82) is 0 Å². The lowest BCUT2D eigenvalue weighted by Crippen LogP contribution is -2.59. The summed E-state index contributed by atoms with van der Waals surface area (Å²) in [6.45, 7) is 10.2. The monoisotopic (exact) mass is 370 g/mol. The Bertz CT molecular complexity index is 750. The van der Waals surface area contributed by atoms with Crippen LogP contribution in [0.5, 0.6) is 0 Å². The summed E-state index contributed by atoms with van der Waals surface area (Å²) in [6, 6.07) is 0. The van der Waals surface area contributed by atoms with Crippen molar-refractivity contribution in [3.8, 4) is 0 Å². The third-order valence-electron chi connectivity index (χ3n) is 5.13. The zero-order chi connectivity index (χ0) is 18.5. The minimum Gasteiger partial charge on any atom is -0.391 e. The van der Waals surface area contributed by atoms with E-state index in [0.29, 0.717) is 12.2 Å². The number of H-pyrrole nitrogens is 1. The van der Waals surface area contributed by atoms with Crippen LogP contribution in [0.2, 0.25) is 11.1 Å². The van der Waals surface area contributed by atoms with Gasteiger partial charge in [-0.2, -0.15) is 0 Å². The first-order chi connectivity index (χ1) is 11.7. The smallest absolute Gasteiger partial charge is 0.343 e. The standard InChI is InChI=1S/C16H26N2O6Si/c1-8(2)25(9(3)4)22-7-11-13(24-25)12(19)15(23-11)18-6-10(5)14(20)17-16(18)21/h6,8-9,11-13,15,19H,7H2,1-5H3,(H,17,20,21)/t11-,12-,13-,15-/m1/s1. The van der Waals surface area contributed by atoms with Gasteiger partial charge in [-0.05, 0) is 18.0 Å². The lowest BCUT2D eigenvalue weighted by molar-refractivity contribution is -0.0754. The maximum Gasteiger partial charge on any atom is 0.343 e. The Labute approximate surface area is 147 Å². The van der Waals surface area contributed by atoms with Crippen LogP contribution in [-0.2, 0) is 13.6 Å². The third kappa shape index (κ3) is 2.93. The molecule has 0 unspecified atom stereocenters. The van der Waals surface area contributed by atoms with Gasteiger partial charge in [0, 0.05) is 11.8 Å². The van der Waals surface area contributed by atoms with Crippen LogP contribution in [0.15, 0.2) is 15.8 Å². The van der Waals surface area contributed by atoms with E-state index in [1.165, 1.54) is 10.8 Å². The summed E-state index contributed by atoms with van der Waals surface area (Å²) in [6.07, 6.45) is -1.51. The Morgan fingerprint density at radius 2 is 1.92 bits per heavy atom. The molecule has 1 aromatic heterocycles. The number of ether oxygens (including phenoxy) is 1. The largest absolute Gasteiger partial charge is 0.391 e. The number of nitrogens with zero attached hydrogens (tertiary/aromatic N) is 1. The van der Waals surface area contributed by atoms with Gasteiger partial charge in [0.15, 0.2) is 6.23 Å². The zero-order valence-electron chi connectivity index (χ0n) is 15.2. The van der Waals surface area contributed by atoms with E-state index in [-0.39, 0.29) is 11.1 Å². The normalized spacial score (nSPS) is 31.5. The van der Waals surface area contributed by atoms with Gasteiger partial charge in [0.05, 0.1) is 6.61 Å². The molecule has 0 aromatic carbocycles. The van der Waals surface area contributed by atoms with Gasteiger partial charge >= 0.3 is 14.3 Å². The van der Waals surface area contributed by atoms with E-state index >= 15 is 0 Å². The number of aromatic amines is 1. The maximum atomic E-state index is 12.1. The topological polar surface area (TPSA) is 103 Å². The number of nitrogens with one attached hydrogen (secondary N) is 1. The summed E-state index contributed by atoms with van der Waals surface area (Å²) in [5, 5.41) is 10.8. The summed E-state index contributed by atoms with van der Waals surface area (Å²) >= 11 is 0. The summed E-state index contributed by atoms with van der Waals surface area (Å²) in [4.78, 5) is 25.9. The Morgan fingerprint density at radius 3 is 2.52 bits per heavy atom. The molecule has 0 bridgehead atoms. The lowest BCUT2D eigenvalue weighted by Gasteiger charge is -2.45. The van der Waals surface area contributed by atoms with Crippen LogP contribution in [-0.4, -0.2) is 48.1 Å². The zero-order valence-corrected chi connectivity index (χ0v) is 16.2. The van der Waals surface area contributed by atoms with Crippen LogP contribution in [0.4, 0.5) is 0 Å². The van der Waals surface area contributed by atoms with Crippen molar-refractivity contribution in [2.45, 2.75) is 70.2 Å². The molecule has 2 N–H and O–H groups in total. The highest BCUT2D eigenvalue weighted by Crippen LogP contribution is 2.43. The van der Waals surface area contributed by atoms with E-state index in [1.807, 2.05) is 0 Å². The average molecular weight is 370 g/mol. The summed E-state index contributed by atoms with van der Waals surface area (Å²) in [5.74, 6) is 0. The van der Waals surface area contributed by atoms with E-state index in [4.69, 9.17) is 13.6 Å². The molecule has 0 radical (unpaired) electrons. The Kier molecular flexibility index (Phi) is 4.80. The van der Waals surface area contributed by atoms with E-state index in [2.05, 4.69) is 32.7 Å². The molecule has 3 rings (SSSR count). The highest BCUT2D eigenvalue weighted by atomic mass is 28.4. The molecular weight excluding hydrogens is 344 g/mol. The predicted molar refractivity (Wildman–Crippen MR) is 92.8 cm³/mol. The molecular formula is C16H26N2O6Si. The number of aromatic nitrogens is 2. The minimum atomic E-state index is -2.51. The molecule has 140 valence electrons. The molecule has 2 aliphatic rings. The molecule has 25 heavy (non-hydrogen) atoms. The van der Waals surface area contributed by atoms with Gasteiger partial charge in [-0.1, -0.05) is 27.7 Å². The van der Waals surface area contributed by atoms with E-state index in [1.54, 1.807) is 6.92 Å². The van der Waals surface area contributed by atoms with Gasteiger partial charge in [0.2, 0.25) is 0 Å². The van der Waals surface area contributed by atoms with Gasteiger partial charge in [-0.15, -0.1) is 0 Å². The third-order valence-corrected chi connectivity index (χ3v) is 9.61. The fraction of sp³-hybridized carbons (Fsp3) is 0.750. The van der Waals surface area contributed by atoms with Gasteiger partial charge in [0.25, 0.3) is 5.56 Å². The van der Waals surface area contributed by atoms with Crippen molar-refractivity contribution >= 4 is 8.56 Å². The predicted octanol–water partition coefficient (Wildman–Crippen LogP) is 0.781. The number of aryl methyl sites for hydroxylation is 1. The second-order valence-corrected chi connectivity index (χ2v) is 11.7. The van der Waals surface area contributed by atoms with Crippen LogP contribution in [0, 0.1) is 6.92 Å². The highest BCUT2D eigenvalue weighted by molar-refractivity contribution is 6.70. The summed E-state index contributed by atoms with van der Waals surface area (Å²) in [7, 11) is -2.51. The molecule has 0 saturated carbocycles. The molecule has 2 fully saturated rings. The quantitative estimate of drug-likeness (QED) is 0.762. The molecule has 9 heteroatoms. The van der Waals surface area contributed by atoms with Crippen molar-refractivity contribution in [2.75, 3.05) is 6.61 Å². The van der Waals surface area contributed by atoms with E-state index < -0.39 is 44.3 Å². The SMILES string of the molecule is Cc1cn([C@@H]2O[C@@H]3CO[Si](C(C)C)(C(C)C)O[C@H]3[C@H]2O)c(=O)[nH]c1=O. The highest BCUT2D eigenvalue weighted by Gasteiger charge is 2.57. The first-order valence-electron chi connectivity index (χ1n) is 8.64. The molecule has 8 nitrogen and oxygen atoms in total. The number of aliphatic hydroxyl groups is 1. The number of hydrogen-bond donors (Lipinski definition) is 2. The number of hydrogen-bond acceptors (Lipinski definition) is 6. The van der Waals surface area contributed by atoms with E-state index in [0.717, 1.165) is 0 Å². The van der Waals surface area contributed by atoms with Crippen molar-refractivity contribution in [3.05, 3.63) is 32.6 Å². The second-order valence-electron chi connectivity index (χ2n) is 7.46. The van der Waals surface area contributed by atoms with Crippen LogP contribution < -0.4 is 11.2 Å².